The van der Waals surface area contributed by atoms with E-state index in [1.54, 1.807) is 6.07 Å². The molecule has 0 radical (unpaired) electrons. The van der Waals surface area contributed by atoms with E-state index < -0.39 is 17.8 Å². The fourth-order valence-electron chi connectivity index (χ4n) is 4.28. The van der Waals surface area contributed by atoms with Gasteiger partial charge in [-0.15, -0.1) is 0 Å². The number of benzene rings is 3. The van der Waals surface area contributed by atoms with Gasteiger partial charge in [-0.25, -0.2) is 4.39 Å². The molecule has 0 saturated carbocycles. The van der Waals surface area contributed by atoms with Crippen molar-refractivity contribution < 1.29 is 19.0 Å². The van der Waals surface area contributed by atoms with Crippen LogP contribution in [-0.2, 0) is 4.79 Å². The van der Waals surface area contributed by atoms with E-state index in [9.17, 15) is 14.3 Å². The van der Waals surface area contributed by atoms with Gasteiger partial charge in [0.25, 0.3) is 0 Å². The van der Waals surface area contributed by atoms with E-state index in [-0.39, 0.29) is 11.8 Å². The lowest BCUT2D eigenvalue weighted by Gasteiger charge is -2.32. The molecule has 1 N–H and O–H groups in total. The van der Waals surface area contributed by atoms with Crippen LogP contribution in [0, 0.1) is 5.82 Å². The Hall–Kier alpha value is -3.18. The molecule has 30 heavy (non-hydrogen) atoms. The molecule has 1 heterocycles. The molecule has 0 amide bonds. The van der Waals surface area contributed by atoms with E-state index in [4.69, 9.17) is 4.74 Å². The second-order valence-corrected chi connectivity index (χ2v) is 7.52. The lowest BCUT2D eigenvalue weighted by molar-refractivity contribution is -0.142. The quantitative estimate of drug-likeness (QED) is 0.617. The summed E-state index contributed by atoms with van der Waals surface area (Å²) in [4.78, 5) is 13.8. The molecule has 3 aromatic carbocycles. The van der Waals surface area contributed by atoms with E-state index in [1.807, 2.05) is 65.6 Å². The second kappa shape index (κ2) is 8.67. The topological polar surface area (TPSA) is 49.8 Å². The number of aliphatic carboxylic acids is 1. The number of nitrogens with zero attached hydrogens (tertiary/aromatic N) is 1. The molecule has 1 aliphatic rings. The van der Waals surface area contributed by atoms with Gasteiger partial charge in [0.2, 0.25) is 0 Å². The predicted molar refractivity (Wildman–Crippen MR) is 114 cm³/mol. The molecular formula is C25H24FNO3. The number of methoxy groups -OCH3 is 1. The van der Waals surface area contributed by atoms with Crippen molar-refractivity contribution in [1.82, 2.24) is 4.90 Å². The number of rotatable bonds is 6. The summed E-state index contributed by atoms with van der Waals surface area (Å²) in [5.41, 5.74) is 3.84. The second-order valence-electron chi connectivity index (χ2n) is 7.52. The third-order valence-electron chi connectivity index (χ3n) is 5.74. The first-order chi connectivity index (χ1) is 14.6. The van der Waals surface area contributed by atoms with Crippen molar-refractivity contribution in [1.29, 1.82) is 0 Å². The van der Waals surface area contributed by atoms with Gasteiger partial charge in [0, 0.05) is 6.54 Å². The molecule has 1 saturated heterocycles. The van der Waals surface area contributed by atoms with Gasteiger partial charge in [0.05, 0.1) is 13.2 Å². The summed E-state index contributed by atoms with van der Waals surface area (Å²) in [6.07, 6.45) is 1.39. The average Bonchev–Trinajstić information content (AvgIpc) is 3.25. The van der Waals surface area contributed by atoms with Crippen molar-refractivity contribution >= 4 is 5.97 Å². The Kier molecular flexibility index (Phi) is 5.81. The minimum atomic E-state index is -0.840. The van der Waals surface area contributed by atoms with Crippen LogP contribution in [0.5, 0.6) is 5.75 Å². The largest absolute Gasteiger partial charge is 0.494 e. The number of ether oxygens (including phenoxy) is 1. The molecule has 154 valence electrons. The molecule has 1 fully saturated rings. The van der Waals surface area contributed by atoms with Crippen molar-refractivity contribution in [3.63, 3.8) is 0 Å². The van der Waals surface area contributed by atoms with Crippen LogP contribution in [0.2, 0.25) is 0 Å². The maximum Gasteiger partial charge on any atom is 0.320 e. The first-order valence-electron chi connectivity index (χ1n) is 10.1. The molecule has 5 heteroatoms. The van der Waals surface area contributed by atoms with Crippen LogP contribution in [0.15, 0.2) is 72.8 Å². The lowest BCUT2D eigenvalue weighted by atomic mass is 9.94. The van der Waals surface area contributed by atoms with Crippen molar-refractivity contribution in [3.8, 4) is 16.9 Å². The number of halogens is 1. The smallest absolute Gasteiger partial charge is 0.320 e. The Morgan fingerprint density at radius 1 is 1.03 bits per heavy atom. The first-order valence-corrected chi connectivity index (χ1v) is 10.1. The molecule has 0 aromatic heterocycles. The van der Waals surface area contributed by atoms with Gasteiger partial charge in [-0.05, 0) is 47.2 Å². The highest BCUT2D eigenvalue weighted by Gasteiger charge is 2.37. The van der Waals surface area contributed by atoms with Crippen LogP contribution in [0.1, 0.15) is 30.0 Å². The molecule has 4 rings (SSSR count). The summed E-state index contributed by atoms with van der Waals surface area (Å²) < 4.78 is 19.5. The monoisotopic (exact) mass is 405 g/mol. The molecule has 2 unspecified atom stereocenters. The van der Waals surface area contributed by atoms with Crippen molar-refractivity contribution in [2.24, 2.45) is 0 Å². The molecule has 1 aliphatic heterocycles. The Bertz CT molecular complexity index is 1020. The lowest BCUT2D eigenvalue weighted by Crippen LogP contribution is -2.39. The van der Waals surface area contributed by atoms with Gasteiger partial charge in [0.15, 0.2) is 11.6 Å². The van der Waals surface area contributed by atoms with Crippen molar-refractivity contribution in [3.05, 3.63) is 89.7 Å². The predicted octanol–water partition coefficient (Wildman–Crippen LogP) is 5.14. The normalized spacial score (nSPS) is 17.6. The zero-order valence-electron chi connectivity index (χ0n) is 16.8. The number of likely N-dealkylation sites (tertiary alicyclic amines) is 1. The third kappa shape index (κ3) is 3.94. The maximum absolute atomic E-state index is 14.5. The van der Waals surface area contributed by atoms with E-state index >= 15 is 0 Å². The number of hydrogen-bond acceptors (Lipinski definition) is 3. The average molecular weight is 405 g/mol. The minimum absolute atomic E-state index is 0.174. The van der Waals surface area contributed by atoms with Gasteiger partial charge in [-0.1, -0.05) is 60.7 Å². The number of hydrogen-bond donors (Lipinski definition) is 1. The molecule has 0 bridgehead atoms. The highest BCUT2D eigenvalue weighted by molar-refractivity contribution is 5.74. The van der Waals surface area contributed by atoms with Crippen LogP contribution in [0.25, 0.3) is 11.1 Å². The van der Waals surface area contributed by atoms with Crippen molar-refractivity contribution in [2.45, 2.75) is 24.9 Å². The van der Waals surface area contributed by atoms with E-state index in [0.29, 0.717) is 18.5 Å². The Morgan fingerprint density at radius 2 is 1.70 bits per heavy atom. The van der Waals surface area contributed by atoms with Gasteiger partial charge in [-0.3, -0.25) is 9.69 Å². The molecule has 0 spiro atoms. The van der Waals surface area contributed by atoms with Crippen LogP contribution >= 0.6 is 0 Å². The Balaban J connectivity index is 1.75. The molecular weight excluding hydrogens is 381 g/mol. The Morgan fingerprint density at radius 3 is 2.33 bits per heavy atom. The fourth-order valence-corrected chi connectivity index (χ4v) is 4.28. The van der Waals surface area contributed by atoms with Gasteiger partial charge >= 0.3 is 5.97 Å². The van der Waals surface area contributed by atoms with Crippen LogP contribution in [0.4, 0.5) is 4.39 Å². The van der Waals surface area contributed by atoms with Crippen molar-refractivity contribution in [2.75, 3.05) is 13.7 Å². The Labute approximate surface area is 175 Å². The summed E-state index contributed by atoms with van der Waals surface area (Å²) in [7, 11) is 1.43. The molecule has 0 aliphatic carbocycles. The summed E-state index contributed by atoms with van der Waals surface area (Å²) >= 11 is 0. The third-order valence-corrected chi connectivity index (χ3v) is 5.74. The number of carbonyl (C=O) groups is 1. The number of carboxylic acids is 1. The summed E-state index contributed by atoms with van der Waals surface area (Å²) in [5, 5.41) is 9.72. The maximum atomic E-state index is 14.5. The standard InChI is InChI=1S/C25H24FNO3/c1-30-23-14-13-20(16-21(23)26)24(27-15-5-8-22(27)25(28)29)19-11-9-18(10-12-19)17-6-3-2-4-7-17/h2-4,6-7,9-14,16,22,24H,5,8,15H2,1H3,(H,28,29). The van der Waals surface area contributed by atoms with Gasteiger partial charge in [-0.2, -0.15) is 0 Å². The first kappa shape index (κ1) is 20.1. The van der Waals surface area contributed by atoms with E-state index in [1.165, 1.54) is 13.2 Å². The fraction of sp³-hybridized carbons (Fsp3) is 0.240. The van der Waals surface area contributed by atoms with Gasteiger partial charge < -0.3 is 9.84 Å². The van der Waals surface area contributed by atoms with Crippen LogP contribution in [-0.4, -0.2) is 35.7 Å². The van der Waals surface area contributed by atoms with Crippen LogP contribution in [0.3, 0.4) is 0 Å². The minimum Gasteiger partial charge on any atom is -0.494 e. The zero-order chi connectivity index (χ0) is 21.1. The van der Waals surface area contributed by atoms with Crippen LogP contribution < -0.4 is 4.74 Å². The summed E-state index contributed by atoms with van der Waals surface area (Å²) in [5.74, 6) is -1.12. The van der Waals surface area contributed by atoms with E-state index in [0.717, 1.165) is 23.1 Å². The highest BCUT2D eigenvalue weighted by atomic mass is 19.1. The zero-order valence-corrected chi connectivity index (χ0v) is 16.8. The molecule has 2 atom stereocenters. The highest BCUT2D eigenvalue weighted by Crippen LogP contribution is 2.37. The molecule has 4 nitrogen and oxygen atoms in total. The number of carboxylic acid groups (broad SMARTS) is 1. The SMILES string of the molecule is COc1ccc(C(c2ccc(-c3ccccc3)cc2)N2CCCC2C(=O)O)cc1F. The molecule has 3 aromatic rings. The van der Waals surface area contributed by atoms with E-state index in [2.05, 4.69) is 0 Å². The summed E-state index contributed by atoms with van der Waals surface area (Å²) in [6.45, 7) is 0.649. The van der Waals surface area contributed by atoms with Gasteiger partial charge in [0.1, 0.15) is 6.04 Å². The summed E-state index contributed by atoms with van der Waals surface area (Å²) in [6, 6.07) is 22.1.